The number of nitriles is 1. The molecule has 1 aromatic heterocycles. The van der Waals surface area contributed by atoms with Crippen LogP contribution in [0.5, 0.6) is 0 Å². The molecule has 0 amide bonds. The average Bonchev–Trinajstić information content (AvgIpc) is 2.43. The summed E-state index contributed by atoms with van der Waals surface area (Å²) in [5, 5.41) is 8.37. The van der Waals surface area contributed by atoms with E-state index in [0.717, 1.165) is 24.4 Å². The number of aryl methyl sites for hydroxylation is 3. The lowest BCUT2D eigenvalue weighted by Gasteiger charge is -1.89. The van der Waals surface area contributed by atoms with Crippen LogP contribution in [-0.2, 0) is 12.8 Å². The number of aromatic amines is 1. The maximum Gasteiger partial charge on any atom is 0.107 e. The summed E-state index contributed by atoms with van der Waals surface area (Å²) in [5.41, 5.74) is 2.24. The first kappa shape index (κ1) is 8.79. The number of hydrogen-bond acceptors (Lipinski definition) is 2. The second-order valence-electron chi connectivity index (χ2n) is 2.76. The van der Waals surface area contributed by atoms with E-state index in [-0.39, 0.29) is 0 Å². The van der Waals surface area contributed by atoms with Gasteiger partial charge in [-0.3, -0.25) is 0 Å². The lowest BCUT2D eigenvalue weighted by molar-refractivity contribution is 0.904. The van der Waals surface area contributed by atoms with Crippen molar-refractivity contribution in [3.05, 3.63) is 17.2 Å². The van der Waals surface area contributed by atoms with Crippen molar-refractivity contribution in [3.8, 4) is 6.07 Å². The van der Waals surface area contributed by atoms with Gasteiger partial charge in [0.2, 0.25) is 0 Å². The summed E-state index contributed by atoms with van der Waals surface area (Å²) in [4.78, 5) is 7.52. The van der Waals surface area contributed by atoms with Gasteiger partial charge >= 0.3 is 0 Å². The maximum absolute atomic E-state index is 8.37. The molecule has 1 aromatic rings. The van der Waals surface area contributed by atoms with Gasteiger partial charge in [-0.25, -0.2) is 4.98 Å². The Bertz CT molecular complexity index is 293. The van der Waals surface area contributed by atoms with Crippen molar-refractivity contribution in [1.29, 1.82) is 5.26 Å². The Morgan fingerprint density at radius 2 is 2.33 bits per heavy atom. The van der Waals surface area contributed by atoms with Gasteiger partial charge in [-0.1, -0.05) is 6.92 Å². The van der Waals surface area contributed by atoms with Crippen LogP contribution in [0.2, 0.25) is 0 Å². The van der Waals surface area contributed by atoms with E-state index in [1.54, 1.807) is 0 Å². The van der Waals surface area contributed by atoms with Gasteiger partial charge in [-0.2, -0.15) is 5.26 Å². The fraction of sp³-hybridized carbons (Fsp3) is 0.556. The highest BCUT2D eigenvalue weighted by atomic mass is 14.9. The molecule has 0 bridgehead atoms. The van der Waals surface area contributed by atoms with Gasteiger partial charge in [0.15, 0.2) is 0 Å². The number of imidazole rings is 1. The van der Waals surface area contributed by atoms with E-state index in [1.807, 2.05) is 6.92 Å². The number of rotatable bonds is 3. The van der Waals surface area contributed by atoms with E-state index in [4.69, 9.17) is 5.26 Å². The van der Waals surface area contributed by atoms with Gasteiger partial charge in [0, 0.05) is 18.5 Å². The smallest absolute Gasteiger partial charge is 0.107 e. The molecule has 0 saturated carbocycles. The number of hydrogen-bond donors (Lipinski definition) is 1. The lowest BCUT2D eigenvalue weighted by atomic mass is 10.3. The van der Waals surface area contributed by atoms with Crippen molar-refractivity contribution < 1.29 is 0 Å². The van der Waals surface area contributed by atoms with E-state index in [1.165, 1.54) is 5.69 Å². The van der Waals surface area contributed by atoms with Crippen LogP contribution in [0.4, 0.5) is 0 Å². The Labute approximate surface area is 72.4 Å². The molecular formula is C9H13N3. The normalized spacial score (nSPS) is 9.75. The summed E-state index contributed by atoms with van der Waals surface area (Å²) in [5.74, 6) is 0.936. The monoisotopic (exact) mass is 163 g/mol. The number of nitrogens with one attached hydrogen (secondary N) is 1. The van der Waals surface area contributed by atoms with Crippen molar-refractivity contribution in [2.45, 2.75) is 33.1 Å². The van der Waals surface area contributed by atoms with Crippen molar-refractivity contribution >= 4 is 0 Å². The lowest BCUT2D eigenvalue weighted by Crippen LogP contribution is -1.86. The molecular weight excluding hydrogens is 150 g/mol. The second-order valence-corrected chi connectivity index (χ2v) is 2.76. The average molecular weight is 163 g/mol. The van der Waals surface area contributed by atoms with Crippen LogP contribution in [-0.4, -0.2) is 9.97 Å². The molecule has 0 radical (unpaired) electrons. The molecule has 0 fully saturated rings. The van der Waals surface area contributed by atoms with Crippen molar-refractivity contribution in [1.82, 2.24) is 9.97 Å². The maximum atomic E-state index is 8.37. The molecule has 0 spiro atoms. The standard InChI is InChI=1S/C9H13N3/c1-3-8-7(2)11-9(12-8)5-4-6-10/h3-5H2,1-2H3,(H,11,12). The zero-order valence-electron chi connectivity index (χ0n) is 7.52. The van der Waals surface area contributed by atoms with E-state index < -0.39 is 0 Å². The molecule has 1 heterocycles. The molecule has 0 saturated heterocycles. The zero-order chi connectivity index (χ0) is 8.97. The minimum absolute atomic E-state index is 0.538. The topological polar surface area (TPSA) is 52.5 Å². The molecule has 3 heteroatoms. The van der Waals surface area contributed by atoms with Crippen LogP contribution in [0.25, 0.3) is 0 Å². The minimum atomic E-state index is 0.538. The molecule has 0 aliphatic heterocycles. The third-order valence-corrected chi connectivity index (χ3v) is 1.86. The Hall–Kier alpha value is -1.30. The summed E-state index contributed by atoms with van der Waals surface area (Å²) in [6.45, 7) is 4.08. The summed E-state index contributed by atoms with van der Waals surface area (Å²) >= 11 is 0. The number of H-pyrrole nitrogens is 1. The third kappa shape index (κ3) is 1.85. The molecule has 0 aliphatic rings. The van der Waals surface area contributed by atoms with Gasteiger partial charge in [0.1, 0.15) is 5.82 Å². The van der Waals surface area contributed by atoms with Crippen LogP contribution in [0, 0.1) is 18.3 Å². The van der Waals surface area contributed by atoms with Crippen LogP contribution in [0.3, 0.4) is 0 Å². The first-order valence-corrected chi connectivity index (χ1v) is 4.19. The summed E-state index contributed by atoms with van der Waals surface area (Å²) in [6.07, 6.45) is 2.25. The Balaban J connectivity index is 2.70. The van der Waals surface area contributed by atoms with Crippen LogP contribution in [0.1, 0.15) is 30.6 Å². The largest absolute Gasteiger partial charge is 0.346 e. The highest BCUT2D eigenvalue weighted by Gasteiger charge is 2.03. The van der Waals surface area contributed by atoms with Gasteiger partial charge in [0.05, 0.1) is 11.8 Å². The summed E-state index contributed by atoms with van der Waals surface area (Å²) in [7, 11) is 0. The van der Waals surface area contributed by atoms with Gasteiger partial charge in [0.25, 0.3) is 0 Å². The Kier molecular flexibility index (Phi) is 2.87. The predicted molar refractivity (Wildman–Crippen MR) is 46.6 cm³/mol. The zero-order valence-corrected chi connectivity index (χ0v) is 7.52. The molecule has 0 unspecified atom stereocenters. The van der Waals surface area contributed by atoms with E-state index in [2.05, 4.69) is 23.0 Å². The van der Waals surface area contributed by atoms with Crippen molar-refractivity contribution in [3.63, 3.8) is 0 Å². The summed E-state index contributed by atoms with van der Waals surface area (Å²) in [6, 6.07) is 2.10. The highest BCUT2D eigenvalue weighted by Crippen LogP contribution is 2.06. The minimum Gasteiger partial charge on any atom is -0.346 e. The van der Waals surface area contributed by atoms with Crippen molar-refractivity contribution in [2.75, 3.05) is 0 Å². The fourth-order valence-corrected chi connectivity index (χ4v) is 1.20. The van der Waals surface area contributed by atoms with Gasteiger partial charge in [-0.15, -0.1) is 0 Å². The quantitative estimate of drug-likeness (QED) is 0.737. The van der Waals surface area contributed by atoms with E-state index in [0.29, 0.717) is 6.42 Å². The fourth-order valence-electron chi connectivity index (χ4n) is 1.20. The molecule has 64 valence electrons. The van der Waals surface area contributed by atoms with Crippen LogP contribution in [0.15, 0.2) is 0 Å². The first-order chi connectivity index (χ1) is 5.77. The highest BCUT2D eigenvalue weighted by molar-refractivity contribution is 5.13. The van der Waals surface area contributed by atoms with Gasteiger partial charge in [-0.05, 0) is 13.3 Å². The molecule has 1 rings (SSSR count). The first-order valence-electron chi connectivity index (χ1n) is 4.19. The molecule has 3 nitrogen and oxygen atoms in total. The van der Waals surface area contributed by atoms with Crippen LogP contribution >= 0.6 is 0 Å². The number of nitrogens with zero attached hydrogens (tertiary/aromatic N) is 2. The molecule has 0 atom stereocenters. The molecule has 12 heavy (non-hydrogen) atoms. The number of aromatic nitrogens is 2. The SMILES string of the molecule is CCc1[nH]c(CCC#N)nc1C. The third-order valence-electron chi connectivity index (χ3n) is 1.86. The molecule has 0 aliphatic carbocycles. The Morgan fingerprint density at radius 3 is 2.83 bits per heavy atom. The predicted octanol–water partition coefficient (Wildman–Crippen LogP) is 1.74. The van der Waals surface area contributed by atoms with Crippen LogP contribution < -0.4 is 0 Å². The second kappa shape index (κ2) is 3.91. The molecule has 1 N–H and O–H groups in total. The molecule has 0 aromatic carbocycles. The van der Waals surface area contributed by atoms with Gasteiger partial charge < -0.3 is 4.98 Å². The summed E-state index contributed by atoms with van der Waals surface area (Å²) < 4.78 is 0. The van der Waals surface area contributed by atoms with E-state index >= 15 is 0 Å². The van der Waals surface area contributed by atoms with E-state index in [9.17, 15) is 0 Å². The Morgan fingerprint density at radius 1 is 1.58 bits per heavy atom. The van der Waals surface area contributed by atoms with Crippen molar-refractivity contribution in [2.24, 2.45) is 0 Å².